The summed E-state index contributed by atoms with van der Waals surface area (Å²) >= 11 is 1.51. The van der Waals surface area contributed by atoms with E-state index < -0.39 is 35.7 Å². The third-order valence-electron chi connectivity index (χ3n) is 6.45. The number of ether oxygens (including phenoxy) is 1. The highest BCUT2D eigenvalue weighted by atomic mass is 32.2. The average molecular weight is 580 g/mol. The SMILES string of the molecule is COC(=O)C1=C(C)N(c2cccc(C(F)(F)F)c2)C(=N)N(C(=O)Nc2ccc(SC)cc2)C1c1ccc(C#N)cc1. The number of halogens is 3. The van der Waals surface area contributed by atoms with E-state index in [0.29, 0.717) is 16.8 Å². The van der Waals surface area contributed by atoms with Gasteiger partial charge in [0.05, 0.1) is 29.9 Å². The van der Waals surface area contributed by atoms with Crippen LogP contribution in [0.1, 0.15) is 29.7 Å². The number of anilines is 2. The van der Waals surface area contributed by atoms with Crippen LogP contribution in [0.2, 0.25) is 0 Å². The fraction of sp³-hybridized carbons (Fsp3) is 0.172. The molecule has 0 bridgehead atoms. The number of nitrogens with zero attached hydrogens (tertiary/aromatic N) is 3. The van der Waals surface area contributed by atoms with Gasteiger partial charge in [0.15, 0.2) is 0 Å². The van der Waals surface area contributed by atoms with Gasteiger partial charge in [0.1, 0.15) is 6.04 Å². The molecule has 0 aliphatic carbocycles. The maximum Gasteiger partial charge on any atom is 0.416 e. The monoisotopic (exact) mass is 579 g/mol. The molecule has 8 nitrogen and oxygen atoms in total. The normalized spacial score (nSPS) is 15.4. The number of thioether (sulfide) groups is 1. The maximum absolute atomic E-state index is 13.8. The molecule has 1 aliphatic heterocycles. The molecule has 0 saturated carbocycles. The lowest BCUT2D eigenvalue weighted by atomic mass is 9.92. The Balaban J connectivity index is 1.92. The number of esters is 1. The number of amides is 2. The molecule has 1 unspecified atom stereocenters. The summed E-state index contributed by atoms with van der Waals surface area (Å²) in [6.45, 7) is 1.47. The smallest absolute Gasteiger partial charge is 0.416 e. The first-order valence-electron chi connectivity index (χ1n) is 12.1. The second-order valence-corrected chi connectivity index (χ2v) is 9.74. The lowest BCUT2D eigenvalue weighted by Gasteiger charge is -2.43. The van der Waals surface area contributed by atoms with Crippen molar-refractivity contribution in [1.29, 1.82) is 10.7 Å². The van der Waals surface area contributed by atoms with Crippen molar-refractivity contribution in [1.82, 2.24) is 4.90 Å². The zero-order chi connectivity index (χ0) is 29.9. The number of nitrogens with one attached hydrogen (secondary N) is 2. The van der Waals surface area contributed by atoms with Gasteiger partial charge < -0.3 is 10.1 Å². The Morgan fingerprint density at radius 2 is 1.73 bits per heavy atom. The van der Waals surface area contributed by atoms with Crippen LogP contribution in [0, 0.1) is 16.7 Å². The zero-order valence-corrected chi connectivity index (χ0v) is 22.9. The zero-order valence-electron chi connectivity index (χ0n) is 22.1. The molecule has 4 rings (SSSR count). The van der Waals surface area contributed by atoms with Crippen LogP contribution in [-0.4, -0.2) is 36.2 Å². The second-order valence-electron chi connectivity index (χ2n) is 8.86. The number of alkyl halides is 3. The molecule has 0 spiro atoms. The van der Waals surface area contributed by atoms with Gasteiger partial charge in [-0.3, -0.25) is 15.2 Å². The van der Waals surface area contributed by atoms with Crippen LogP contribution in [0.5, 0.6) is 0 Å². The lowest BCUT2D eigenvalue weighted by molar-refractivity contribution is -0.138. The summed E-state index contributed by atoms with van der Waals surface area (Å²) in [6.07, 6.45) is -2.77. The second kappa shape index (κ2) is 11.8. The molecule has 210 valence electrons. The van der Waals surface area contributed by atoms with Crippen molar-refractivity contribution >= 4 is 41.1 Å². The van der Waals surface area contributed by atoms with Gasteiger partial charge >= 0.3 is 18.2 Å². The average Bonchev–Trinajstić information content (AvgIpc) is 2.96. The van der Waals surface area contributed by atoms with Crippen LogP contribution in [-0.2, 0) is 15.7 Å². The number of carbonyl (C=O) groups excluding carboxylic acids is 2. The summed E-state index contributed by atoms with van der Waals surface area (Å²) in [5.74, 6) is -1.34. The minimum atomic E-state index is -4.66. The summed E-state index contributed by atoms with van der Waals surface area (Å²) < 4.78 is 45.8. The van der Waals surface area contributed by atoms with Gasteiger partial charge in [-0.05, 0) is 73.3 Å². The van der Waals surface area contributed by atoms with Crippen molar-refractivity contribution in [2.45, 2.75) is 24.0 Å². The molecule has 3 aromatic carbocycles. The highest BCUT2D eigenvalue weighted by molar-refractivity contribution is 7.98. The molecule has 12 heteroatoms. The first-order chi connectivity index (χ1) is 19.5. The number of guanidine groups is 1. The molecule has 0 radical (unpaired) electrons. The summed E-state index contributed by atoms with van der Waals surface area (Å²) in [4.78, 5) is 30.1. The van der Waals surface area contributed by atoms with E-state index in [-0.39, 0.29) is 17.0 Å². The molecule has 1 aliphatic rings. The van der Waals surface area contributed by atoms with Crippen molar-refractivity contribution in [2.24, 2.45) is 0 Å². The van der Waals surface area contributed by atoms with E-state index in [1.54, 1.807) is 36.4 Å². The van der Waals surface area contributed by atoms with Gasteiger partial charge in [-0.25, -0.2) is 9.59 Å². The largest absolute Gasteiger partial charge is 0.466 e. The van der Waals surface area contributed by atoms with E-state index in [4.69, 9.17) is 10.1 Å². The minimum Gasteiger partial charge on any atom is -0.466 e. The van der Waals surface area contributed by atoms with Crippen LogP contribution in [0.15, 0.2) is 89.0 Å². The Morgan fingerprint density at radius 1 is 1.07 bits per heavy atom. The number of carbonyl (C=O) groups is 2. The molecule has 1 heterocycles. The number of urea groups is 1. The van der Waals surface area contributed by atoms with Gasteiger partial charge in [-0.1, -0.05) is 18.2 Å². The van der Waals surface area contributed by atoms with Gasteiger partial charge in [-0.15, -0.1) is 11.8 Å². The summed E-state index contributed by atoms with van der Waals surface area (Å²) in [6, 6.07) is 17.2. The number of hydrogen-bond acceptors (Lipinski definition) is 6. The third kappa shape index (κ3) is 5.90. The Labute approximate surface area is 238 Å². The first-order valence-corrected chi connectivity index (χ1v) is 13.3. The molecule has 1 atom stereocenters. The predicted octanol–water partition coefficient (Wildman–Crippen LogP) is 6.78. The molecule has 0 aromatic heterocycles. The van der Waals surface area contributed by atoms with E-state index in [1.807, 2.05) is 12.3 Å². The fourth-order valence-electron chi connectivity index (χ4n) is 4.47. The van der Waals surface area contributed by atoms with E-state index in [2.05, 4.69) is 5.32 Å². The Hall–Kier alpha value is -4.76. The Kier molecular flexibility index (Phi) is 8.39. The maximum atomic E-state index is 13.8. The molecular weight excluding hydrogens is 555 g/mol. The highest BCUT2D eigenvalue weighted by Gasteiger charge is 2.44. The first kappa shape index (κ1) is 29.2. The number of benzene rings is 3. The van der Waals surface area contributed by atoms with Crippen molar-refractivity contribution in [3.05, 3.63) is 101 Å². The van der Waals surface area contributed by atoms with E-state index in [9.17, 15) is 28.0 Å². The number of rotatable bonds is 5. The minimum absolute atomic E-state index is 0.0708. The number of methoxy groups -OCH3 is 1. The highest BCUT2D eigenvalue weighted by Crippen LogP contribution is 2.41. The van der Waals surface area contributed by atoms with Crippen LogP contribution in [0.3, 0.4) is 0 Å². The van der Waals surface area contributed by atoms with E-state index >= 15 is 0 Å². The molecule has 2 amide bonds. The molecular formula is C29H24F3N5O3S. The fourth-order valence-corrected chi connectivity index (χ4v) is 4.88. The number of hydrogen-bond donors (Lipinski definition) is 2. The summed E-state index contributed by atoms with van der Waals surface area (Å²) in [7, 11) is 1.14. The Bertz CT molecular complexity index is 1560. The van der Waals surface area contributed by atoms with Crippen LogP contribution in [0.25, 0.3) is 0 Å². The van der Waals surface area contributed by atoms with Gasteiger partial charge in [0.2, 0.25) is 5.96 Å². The van der Waals surface area contributed by atoms with Crippen molar-refractivity contribution in [2.75, 3.05) is 23.6 Å². The Morgan fingerprint density at radius 3 is 2.29 bits per heavy atom. The van der Waals surface area contributed by atoms with Crippen molar-refractivity contribution in [3.8, 4) is 6.07 Å². The predicted molar refractivity (Wildman–Crippen MR) is 149 cm³/mol. The molecule has 41 heavy (non-hydrogen) atoms. The van der Waals surface area contributed by atoms with Crippen LogP contribution >= 0.6 is 11.8 Å². The number of allylic oxidation sites excluding steroid dienone is 1. The van der Waals surface area contributed by atoms with Gasteiger partial charge in [0.25, 0.3) is 0 Å². The van der Waals surface area contributed by atoms with Crippen molar-refractivity contribution < 1.29 is 27.5 Å². The molecule has 2 N–H and O–H groups in total. The van der Waals surface area contributed by atoms with Crippen molar-refractivity contribution in [3.63, 3.8) is 0 Å². The molecule has 0 fully saturated rings. The number of nitriles is 1. The van der Waals surface area contributed by atoms with Gasteiger partial charge in [-0.2, -0.15) is 18.4 Å². The van der Waals surface area contributed by atoms with E-state index in [0.717, 1.165) is 33.9 Å². The lowest BCUT2D eigenvalue weighted by Crippen LogP contribution is -2.55. The van der Waals surface area contributed by atoms with E-state index in [1.165, 1.54) is 43.0 Å². The quantitative estimate of drug-likeness (QED) is 0.255. The summed E-state index contributed by atoms with van der Waals surface area (Å²) in [5.41, 5.74) is 0.0945. The standard InChI is InChI=1S/C29H24F3N5O3S/c1-17-24(26(38)40-2)25(19-9-7-18(16-33)8-10-19)37(28(39)35-21-11-13-23(41-3)14-12-21)27(34)36(17)22-6-4-5-20(15-22)29(30,31)32/h4-15,25,34H,1-3H3,(H,35,39). The van der Waals surface area contributed by atoms with Crippen LogP contribution in [0.4, 0.5) is 29.3 Å². The van der Waals surface area contributed by atoms with Crippen LogP contribution < -0.4 is 10.2 Å². The third-order valence-corrected chi connectivity index (χ3v) is 7.19. The molecule has 0 saturated heterocycles. The molecule has 3 aromatic rings. The summed E-state index contributed by atoms with van der Waals surface area (Å²) in [5, 5.41) is 21.0. The topological polar surface area (TPSA) is 110 Å². The van der Waals surface area contributed by atoms with Gasteiger partial charge in [0, 0.05) is 22.0 Å².